The summed E-state index contributed by atoms with van der Waals surface area (Å²) in [6, 6.07) is 55.4. The standard InChI is InChI=1S/C60H49BN2OS/c1-58(2,3)36-25-27-48(42(30-36)34-16-9-8-10-17-34)62-54-45-32-46-47(60(6,7)29-28-59(46,4)5)33-50(45)65-57(54)61-51-43(31-44-38-20-13-14-23-49(38)64-56(44)55(51)62)40-22-15-21-39-41-26-24-35-18-11-12-19-37(35)52(41)63(61)53(39)40/h8-27,30-33H,28-29H2,1-7H3. The van der Waals surface area contributed by atoms with Gasteiger partial charge in [-0.25, -0.2) is 0 Å². The van der Waals surface area contributed by atoms with E-state index in [-0.39, 0.29) is 23.1 Å². The third-order valence-electron chi connectivity index (χ3n) is 15.8. The van der Waals surface area contributed by atoms with Crippen LogP contribution in [0.2, 0.25) is 0 Å². The summed E-state index contributed by atoms with van der Waals surface area (Å²) in [5.41, 5.74) is 18.7. The third kappa shape index (κ3) is 4.97. The van der Waals surface area contributed by atoms with Gasteiger partial charge in [0.2, 0.25) is 0 Å². The lowest BCUT2D eigenvalue weighted by Crippen LogP contribution is -2.55. The van der Waals surface area contributed by atoms with E-state index in [1.807, 2.05) is 11.3 Å². The molecule has 0 saturated carbocycles. The second-order valence-electron chi connectivity index (χ2n) is 21.5. The van der Waals surface area contributed by atoms with Crippen molar-refractivity contribution in [2.75, 3.05) is 4.90 Å². The Morgan fingerprint density at radius 3 is 2.08 bits per heavy atom. The zero-order valence-corrected chi connectivity index (χ0v) is 38.9. The molecule has 0 spiro atoms. The van der Waals surface area contributed by atoms with E-state index in [9.17, 15) is 0 Å². The average Bonchev–Trinajstić information content (AvgIpc) is 3.99. The molecule has 0 saturated heterocycles. The number of thiophene rings is 1. The van der Waals surface area contributed by atoms with Gasteiger partial charge in [-0.2, -0.15) is 0 Å². The van der Waals surface area contributed by atoms with Crippen LogP contribution in [0.5, 0.6) is 0 Å². The van der Waals surface area contributed by atoms with Gasteiger partial charge in [-0.1, -0.05) is 158 Å². The van der Waals surface area contributed by atoms with E-state index in [4.69, 9.17) is 4.42 Å². The van der Waals surface area contributed by atoms with Crippen molar-refractivity contribution in [1.82, 2.24) is 4.48 Å². The maximum Gasteiger partial charge on any atom is 0.343 e. The number of benzene rings is 8. The molecule has 5 heteroatoms. The second kappa shape index (κ2) is 12.6. The van der Waals surface area contributed by atoms with Crippen molar-refractivity contribution in [3.63, 3.8) is 0 Å². The van der Waals surface area contributed by atoms with Gasteiger partial charge >= 0.3 is 6.85 Å². The number of aromatic nitrogens is 1. The molecule has 314 valence electrons. The van der Waals surface area contributed by atoms with Gasteiger partial charge in [0.05, 0.1) is 17.1 Å². The van der Waals surface area contributed by atoms with Crippen molar-refractivity contribution >= 4 is 110 Å². The smallest absolute Gasteiger partial charge is 0.343 e. The monoisotopic (exact) mass is 856 g/mol. The molecule has 3 aliphatic rings. The Balaban J connectivity index is 1.23. The van der Waals surface area contributed by atoms with Crippen molar-refractivity contribution in [1.29, 1.82) is 0 Å². The van der Waals surface area contributed by atoms with Crippen LogP contribution in [-0.2, 0) is 16.2 Å². The summed E-state index contributed by atoms with van der Waals surface area (Å²) in [5, 5.41) is 8.78. The van der Waals surface area contributed by atoms with Gasteiger partial charge in [-0.05, 0) is 104 Å². The molecule has 1 aliphatic carbocycles. The number of rotatable bonds is 2. The number of anilines is 3. The zero-order valence-electron chi connectivity index (χ0n) is 38.1. The highest BCUT2D eigenvalue weighted by atomic mass is 32.1. The molecule has 0 fully saturated rings. The fourth-order valence-corrected chi connectivity index (χ4v) is 13.6. The minimum Gasteiger partial charge on any atom is -0.454 e. The first-order valence-electron chi connectivity index (χ1n) is 23.4. The molecule has 11 aromatic rings. The van der Waals surface area contributed by atoms with Gasteiger partial charge < -0.3 is 13.8 Å². The highest BCUT2D eigenvalue weighted by molar-refractivity contribution is 7.32. The molecule has 3 nitrogen and oxygen atoms in total. The van der Waals surface area contributed by atoms with Crippen LogP contribution in [0.1, 0.15) is 78.0 Å². The molecule has 5 heterocycles. The molecule has 3 aromatic heterocycles. The molecule has 0 atom stereocenters. The first-order valence-corrected chi connectivity index (χ1v) is 24.2. The van der Waals surface area contributed by atoms with E-state index in [1.54, 1.807) is 0 Å². The van der Waals surface area contributed by atoms with E-state index in [2.05, 4.69) is 203 Å². The molecule has 0 radical (unpaired) electrons. The van der Waals surface area contributed by atoms with Crippen LogP contribution < -0.4 is 15.1 Å². The van der Waals surface area contributed by atoms with Crippen LogP contribution in [-0.4, -0.2) is 11.3 Å². The average molecular weight is 857 g/mol. The third-order valence-corrected chi connectivity index (χ3v) is 17.0. The quantitative estimate of drug-likeness (QED) is 0.162. The fourth-order valence-electron chi connectivity index (χ4n) is 12.3. The largest absolute Gasteiger partial charge is 0.454 e. The molecule has 0 N–H and O–H groups in total. The fraction of sp³-hybridized carbons (Fsp3) is 0.200. The van der Waals surface area contributed by atoms with E-state index in [0.717, 1.165) is 34.0 Å². The molecular weight excluding hydrogens is 808 g/mol. The first-order chi connectivity index (χ1) is 31.4. The van der Waals surface area contributed by atoms with E-state index < -0.39 is 0 Å². The van der Waals surface area contributed by atoms with Crippen molar-refractivity contribution in [3.8, 4) is 22.3 Å². The summed E-state index contributed by atoms with van der Waals surface area (Å²) in [5.74, 6) is 0. The van der Waals surface area contributed by atoms with Crippen molar-refractivity contribution < 1.29 is 4.42 Å². The van der Waals surface area contributed by atoms with Gasteiger partial charge in [-0.15, -0.1) is 11.3 Å². The summed E-state index contributed by atoms with van der Waals surface area (Å²) in [6.07, 6.45) is 2.33. The van der Waals surface area contributed by atoms with Gasteiger partial charge in [-0.3, -0.25) is 0 Å². The molecule has 8 aromatic carbocycles. The first kappa shape index (κ1) is 37.8. The molecular formula is C60H49BN2OS. The minimum atomic E-state index is -0.103. The number of hydrogen-bond donors (Lipinski definition) is 0. The maximum absolute atomic E-state index is 7.31. The maximum atomic E-state index is 7.31. The van der Waals surface area contributed by atoms with Crippen LogP contribution in [0.3, 0.4) is 0 Å². The van der Waals surface area contributed by atoms with Gasteiger partial charge in [0, 0.05) is 64.0 Å². The Morgan fingerprint density at radius 2 is 1.28 bits per heavy atom. The molecule has 0 bridgehead atoms. The number of para-hydroxylation sites is 2. The summed E-state index contributed by atoms with van der Waals surface area (Å²) < 4.78 is 12.8. The Morgan fingerprint density at radius 1 is 0.569 bits per heavy atom. The topological polar surface area (TPSA) is 21.3 Å². The number of nitrogens with zero attached hydrogens (tertiary/aromatic N) is 2. The summed E-state index contributed by atoms with van der Waals surface area (Å²) in [7, 11) is 0. The lowest BCUT2D eigenvalue weighted by atomic mass is 9.48. The predicted octanol–water partition coefficient (Wildman–Crippen LogP) is 15.8. The second-order valence-corrected chi connectivity index (χ2v) is 22.6. The van der Waals surface area contributed by atoms with Gasteiger partial charge in [0.1, 0.15) is 5.58 Å². The number of fused-ring (bicyclic) bond motifs is 16. The van der Waals surface area contributed by atoms with E-state index in [0.29, 0.717) is 0 Å². The number of furan rings is 1. The Hall–Kier alpha value is -6.56. The summed E-state index contributed by atoms with van der Waals surface area (Å²) in [6.45, 7) is 16.7. The Bertz CT molecular complexity index is 3890. The van der Waals surface area contributed by atoms with Gasteiger partial charge in [0.25, 0.3) is 0 Å². The normalized spacial score (nSPS) is 16.0. The molecule has 0 amide bonds. The molecule has 0 unspecified atom stereocenters. The van der Waals surface area contributed by atoms with E-state index >= 15 is 0 Å². The Labute approximate surface area is 384 Å². The predicted molar refractivity (Wildman–Crippen MR) is 280 cm³/mol. The van der Waals surface area contributed by atoms with Crippen LogP contribution in [0.15, 0.2) is 150 Å². The molecule has 2 aliphatic heterocycles. The molecule has 14 rings (SSSR count). The van der Waals surface area contributed by atoms with E-state index in [1.165, 1.54) is 110 Å². The van der Waals surface area contributed by atoms with Gasteiger partial charge in [0.15, 0.2) is 5.58 Å². The summed E-state index contributed by atoms with van der Waals surface area (Å²) >= 11 is 2.01. The van der Waals surface area contributed by atoms with Crippen LogP contribution in [0.25, 0.3) is 86.9 Å². The van der Waals surface area contributed by atoms with Crippen molar-refractivity contribution in [3.05, 3.63) is 162 Å². The van der Waals surface area contributed by atoms with Crippen LogP contribution in [0, 0.1) is 0 Å². The van der Waals surface area contributed by atoms with Crippen molar-refractivity contribution in [2.24, 2.45) is 0 Å². The number of hydrogen-bond acceptors (Lipinski definition) is 3. The summed E-state index contributed by atoms with van der Waals surface area (Å²) in [4.78, 5) is 2.67. The zero-order chi connectivity index (χ0) is 43.9. The van der Waals surface area contributed by atoms with Crippen molar-refractivity contribution in [2.45, 2.75) is 77.6 Å². The highest BCUT2D eigenvalue weighted by Gasteiger charge is 2.48. The Kier molecular flexibility index (Phi) is 7.33. The molecule has 65 heavy (non-hydrogen) atoms. The highest BCUT2D eigenvalue weighted by Crippen LogP contribution is 2.56. The lowest BCUT2D eigenvalue weighted by molar-refractivity contribution is 0.332. The minimum absolute atomic E-state index is 0.0412. The SMILES string of the molecule is CC(C)(C)c1ccc(N2c3c(sc4cc5c(cc34)C(C)(C)CCC5(C)C)B3c4c(cc5c(oc6ccccc65)c42)-c2cccc4c5ccc6ccccc6c5n3c24)c(-c2ccccc2)c1. The van der Waals surface area contributed by atoms with Crippen LogP contribution in [0.4, 0.5) is 17.1 Å². The van der Waals surface area contributed by atoms with Crippen LogP contribution >= 0.6 is 11.3 Å². The lowest BCUT2D eigenvalue weighted by Gasteiger charge is -2.42.